The van der Waals surface area contributed by atoms with Gasteiger partial charge in [0.15, 0.2) is 0 Å². The lowest BCUT2D eigenvalue weighted by atomic mass is 9.94. The molecule has 2 atom stereocenters. The molecular formula is C18H28IN3. The molecule has 0 amide bonds. The van der Waals surface area contributed by atoms with Gasteiger partial charge in [-0.1, -0.05) is 51.6 Å². The van der Waals surface area contributed by atoms with Gasteiger partial charge in [-0.05, 0) is 42.8 Å². The molecule has 22 heavy (non-hydrogen) atoms. The third-order valence-electron chi connectivity index (χ3n) is 3.92. The second-order valence-electron chi connectivity index (χ2n) is 5.29. The van der Waals surface area contributed by atoms with Crippen molar-refractivity contribution in [3.05, 3.63) is 54.1 Å². The summed E-state index contributed by atoms with van der Waals surface area (Å²) in [7, 11) is 0. The van der Waals surface area contributed by atoms with Crippen LogP contribution in [0.2, 0.25) is 0 Å². The molecule has 122 valence electrons. The van der Waals surface area contributed by atoms with E-state index in [1.165, 1.54) is 11.1 Å². The fourth-order valence-corrected chi connectivity index (χ4v) is 2.94. The molecule has 3 nitrogen and oxygen atoms in total. The SMILES string of the molecule is C=C/C(=C\C(N)CC)C(c1cccc(NI)c1)N(CC)CC. The van der Waals surface area contributed by atoms with Gasteiger partial charge >= 0.3 is 0 Å². The van der Waals surface area contributed by atoms with Crippen molar-refractivity contribution >= 4 is 28.6 Å². The van der Waals surface area contributed by atoms with Crippen LogP contribution >= 0.6 is 22.9 Å². The van der Waals surface area contributed by atoms with E-state index in [-0.39, 0.29) is 12.1 Å². The molecule has 3 N–H and O–H groups in total. The fourth-order valence-electron chi connectivity index (χ4n) is 2.61. The molecule has 1 aromatic rings. The summed E-state index contributed by atoms with van der Waals surface area (Å²) in [5.74, 6) is 0. The second-order valence-corrected chi connectivity index (χ2v) is 5.83. The van der Waals surface area contributed by atoms with Crippen LogP contribution in [0.1, 0.15) is 38.8 Å². The molecule has 0 fully saturated rings. The van der Waals surface area contributed by atoms with E-state index < -0.39 is 0 Å². The molecule has 1 aromatic carbocycles. The van der Waals surface area contributed by atoms with Crippen molar-refractivity contribution in [2.24, 2.45) is 5.73 Å². The molecule has 2 unspecified atom stereocenters. The molecule has 0 radical (unpaired) electrons. The Labute approximate surface area is 149 Å². The zero-order valence-corrected chi connectivity index (χ0v) is 16.0. The predicted molar refractivity (Wildman–Crippen MR) is 106 cm³/mol. The molecule has 4 heteroatoms. The number of likely N-dealkylation sites (N-methyl/N-ethyl adjacent to an activating group) is 1. The zero-order valence-electron chi connectivity index (χ0n) is 13.8. The predicted octanol–water partition coefficient (Wildman–Crippen LogP) is 4.68. The Morgan fingerprint density at radius 1 is 1.36 bits per heavy atom. The van der Waals surface area contributed by atoms with Gasteiger partial charge in [-0.15, -0.1) is 0 Å². The van der Waals surface area contributed by atoms with Crippen LogP contribution in [0.15, 0.2) is 48.6 Å². The van der Waals surface area contributed by atoms with E-state index in [0.29, 0.717) is 0 Å². The number of nitrogens with two attached hydrogens (primary N) is 1. The molecule has 0 aromatic heterocycles. The molecule has 0 spiro atoms. The molecule has 0 aliphatic heterocycles. The van der Waals surface area contributed by atoms with Gasteiger partial charge < -0.3 is 9.26 Å². The monoisotopic (exact) mass is 413 g/mol. The zero-order chi connectivity index (χ0) is 16.5. The van der Waals surface area contributed by atoms with Crippen LogP contribution in [0.3, 0.4) is 0 Å². The lowest BCUT2D eigenvalue weighted by molar-refractivity contribution is 0.249. The van der Waals surface area contributed by atoms with Gasteiger partial charge in [-0.3, -0.25) is 4.90 Å². The van der Waals surface area contributed by atoms with Gasteiger partial charge in [0, 0.05) is 11.7 Å². The normalized spacial score (nSPS) is 14.7. The molecular weight excluding hydrogens is 385 g/mol. The number of nitrogens with zero attached hydrogens (tertiary/aromatic N) is 1. The molecule has 1 rings (SSSR count). The highest BCUT2D eigenvalue weighted by Gasteiger charge is 2.21. The summed E-state index contributed by atoms with van der Waals surface area (Å²) in [6.07, 6.45) is 5.03. The number of rotatable bonds is 9. The summed E-state index contributed by atoms with van der Waals surface area (Å²) < 4.78 is 3.19. The Morgan fingerprint density at radius 2 is 2.05 bits per heavy atom. The van der Waals surface area contributed by atoms with Crippen molar-refractivity contribution in [2.45, 2.75) is 39.3 Å². The summed E-state index contributed by atoms with van der Waals surface area (Å²) in [5.41, 5.74) is 9.71. The lowest BCUT2D eigenvalue weighted by Gasteiger charge is -2.32. The van der Waals surface area contributed by atoms with Gasteiger partial charge in [-0.2, -0.15) is 0 Å². The third kappa shape index (κ3) is 5.11. The Morgan fingerprint density at radius 3 is 2.55 bits per heavy atom. The number of benzene rings is 1. The summed E-state index contributed by atoms with van der Waals surface area (Å²) in [6.45, 7) is 12.5. The second kappa shape index (κ2) is 10.0. The molecule has 0 saturated heterocycles. The first-order valence-electron chi connectivity index (χ1n) is 7.91. The maximum absolute atomic E-state index is 6.15. The number of hydrogen-bond acceptors (Lipinski definition) is 3. The van der Waals surface area contributed by atoms with E-state index >= 15 is 0 Å². The van der Waals surface area contributed by atoms with Gasteiger partial charge in [0.1, 0.15) is 0 Å². The van der Waals surface area contributed by atoms with Crippen molar-refractivity contribution in [3.8, 4) is 0 Å². The first-order valence-corrected chi connectivity index (χ1v) is 8.99. The van der Waals surface area contributed by atoms with E-state index in [4.69, 9.17) is 5.73 Å². The van der Waals surface area contributed by atoms with E-state index in [0.717, 1.165) is 25.2 Å². The summed E-state index contributed by atoms with van der Waals surface area (Å²) in [4.78, 5) is 2.43. The van der Waals surface area contributed by atoms with Gasteiger partial charge in [0.25, 0.3) is 0 Å². The molecule has 0 aliphatic rings. The van der Waals surface area contributed by atoms with Crippen molar-refractivity contribution in [1.82, 2.24) is 4.90 Å². The average Bonchev–Trinajstić information content (AvgIpc) is 2.57. The van der Waals surface area contributed by atoms with Gasteiger partial charge in [-0.25, -0.2) is 0 Å². The Hall–Kier alpha value is -0.850. The van der Waals surface area contributed by atoms with Crippen molar-refractivity contribution in [3.63, 3.8) is 0 Å². The number of nitrogens with one attached hydrogen (secondary N) is 1. The Bertz CT molecular complexity index is 495. The molecule has 0 saturated carbocycles. The van der Waals surface area contributed by atoms with E-state index in [1.807, 2.05) is 6.08 Å². The first kappa shape index (κ1) is 19.2. The largest absolute Gasteiger partial charge is 0.328 e. The molecule has 0 bridgehead atoms. The molecule has 0 heterocycles. The number of halogens is 1. The molecule has 0 aliphatic carbocycles. The quantitative estimate of drug-likeness (QED) is 0.351. The fraction of sp³-hybridized carbons (Fsp3) is 0.444. The lowest BCUT2D eigenvalue weighted by Crippen LogP contribution is -2.30. The topological polar surface area (TPSA) is 41.3 Å². The minimum atomic E-state index is 0.0666. The van der Waals surface area contributed by atoms with Crippen LogP contribution in [-0.4, -0.2) is 24.0 Å². The highest BCUT2D eigenvalue weighted by molar-refractivity contribution is 14.1. The van der Waals surface area contributed by atoms with Crippen LogP contribution in [0, 0.1) is 0 Å². The van der Waals surface area contributed by atoms with E-state index in [2.05, 4.69) is 89.0 Å². The van der Waals surface area contributed by atoms with Crippen molar-refractivity contribution in [1.29, 1.82) is 0 Å². The van der Waals surface area contributed by atoms with Crippen LogP contribution in [0.5, 0.6) is 0 Å². The minimum absolute atomic E-state index is 0.0666. The smallest absolute Gasteiger partial charge is 0.0599 e. The van der Waals surface area contributed by atoms with Crippen LogP contribution in [0.4, 0.5) is 5.69 Å². The number of hydrogen-bond donors (Lipinski definition) is 2. The summed E-state index contributed by atoms with van der Waals surface area (Å²) in [5, 5.41) is 0. The van der Waals surface area contributed by atoms with E-state index in [1.54, 1.807) is 0 Å². The number of anilines is 1. The summed E-state index contributed by atoms with van der Waals surface area (Å²) >= 11 is 2.16. The van der Waals surface area contributed by atoms with Crippen LogP contribution < -0.4 is 9.26 Å². The highest BCUT2D eigenvalue weighted by atomic mass is 127. The van der Waals surface area contributed by atoms with Crippen molar-refractivity contribution < 1.29 is 0 Å². The standard InChI is InChI=1S/C18H28IN3/c1-5-14(12-16(20)6-2)18(22(7-3)8-4)15-10-9-11-17(13-15)21-19/h5,9-13,16,18,21H,1,6-8,20H2,2-4H3/b14-12+. The average molecular weight is 413 g/mol. The van der Waals surface area contributed by atoms with Gasteiger partial charge in [0.2, 0.25) is 0 Å². The van der Waals surface area contributed by atoms with Crippen LogP contribution in [0.25, 0.3) is 0 Å². The maximum atomic E-state index is 6.15. The van der Waals surface area contributed by atoms with E-state index in [9.17, 15) is 0 Å². The third-order valence-corrected chi connectivity index (χ3v) is 4.54. The first-order chi connectivity index (χ1) is 10.6. The van der Waals surface area contributed by atoms with Gasteiger partial charge in [0.05, 0.1) is 28.9 Å². The van der Waals surface area contributed by atoms with Crippen molar-refractivity contribution in [2.75, 3.05) is 16.6 Å². The Balaban J connectivity index is 3.32. The minimum Gasteiger partial charge on any atom is -0.328 e. The summed E-state index contributed by atoms with van der Waals surface area (Å²) in [6, 6.07) is 8.80. The Kier molecular flexibility index (Phi) is 8.75. The highest BCUT2D eigenvalue weighted by Crippen LogP contribution is 2.31. The van der Waals surface area contributed by atoms with Crippen LogP contribution in [-0.2, 0) is 0 Å². The maximum Gasteiger partial charge on any atom is 0.0599 e.